The summed E-state index contributed by atoms with van der Waals surface area (Å²) in [6, 6.07) is 12.0. The molecule has 0 saturated heterocycles. The fraction of sp³-hybridized carbons (Fsp3) is 0.294. The topological polar surface area (TPSA) is 35.2 Å². The highest BCUT2D eigenvalue weighted by atomic mass is 19.1. The van der Waals surface area contributed by atoms with Crippen LogP contribution in [0.5, 0.6) is 5.75 Å². The summed E-state index contributed by atoms with van der Waals surface area (Å²) >= 11 is 0. The molecule has 0 bridgehead atoms. The van der Waals surface area contributed by atoms with E-state index in [-0.39, 0.29) is 18.0 Å². The van der Waals surface area contributed by atoms with Gasteiger partial charge >= 0.3 is 0 Å². The van der Waals surface area contributed by atoms with Gasteiger partial charge in [0.25, 0.3) is 0 Å². The van der Waals surface area contributed by atoms with Crippen molar-refractivity contribution in [2.45, 2.75) is 32.9 Å². The van der Waals surface area contributed by atoms with E-state index in [0.717, 1.165) is 22.4 Å². The standard InChI is InChI=1S/C17H20FNO/c1-11(2)20-15-8-5-13(6-9-15)17(19)16-10-14(18)7-4-12(16)3/h4-11,17H,19H2,1-3H3. The first-order chi connectivity index (χ1) is 9.47. The zero-order chi connectivity index (χ0) is 14.7. The van der Waals surface area contributed by atoms with Gasteiger partial charge in [-0.15, -0.1) is 0 Å². The molecule has 106 valence electrons. The molecule has 0 saturated carbocycles. The van der Waals surface area contributed by atoms with E-state index >= 15 is 0 Å². The molecule has 2 nitrogen and oxygen atoms in total. The Bertz CT molecular complexity index is 578. The first-order valence-electron chi connectivity index (χ1n) is 6.75. The minimum absolute atomic E-state index is 0.139. The van der Waals surface area contributed by atoms with Crippen LogP contribution in [0, 0.1) is 12.7 Å². The number of hydrogen-bond acceptors (Lipinski definition) is 2. The first kappa shape index (κ1) is 14.5. The van der Waals surface area contributed by atoms with Crippen LogP contribution in [-0.4, -0.2) is 6.10 Å². The molecule has 3 heteroatoms. The van der Waals surface area contributed by atoms with E-state index in [1.807, 2.05) is 45.0 Å². The van der Waals surface area contributed by atoms with Crippen LogP contribution < -0.4 is 10.5 Å². The summed E-state index contributed by atoms with van der Waals surface area (Å²) < 4.78 is 19.0. The van der Waals surface area contributed by atoms with Crippen LogP contribution in [0.3, 0.4) is 0 Å². The molecular weight excluding hydrogens is 253 g/mol. The van der Waals surface area contributed by atoms with Crippen molar-refractivity contribution in [3.63, 3.8) is 0 Å². The van der Waals surface area contributed by atoms with E-state index in [1.165, 1.54) is 12.1 Å². The lowest BCUT2D eigenvalue weighted by molar-refractivity contribution is 0.242. The average Bonchev–Trinajstić information content (AvgIpc) is 2.41. The summed E-state index contributed by atoms with van der Waals surface area (Å²) in [7, 11) is 0. The number of nitrogens with two attached hydrogens (primary N) is 1. The number of rotatable bonds is 4. The number of ether oxygens (including phenoxy) is 1. The third kappa shape index (κ3) is 3.36. The Balaban J connectivity index is 2.24. The fourth-order valence-corrected chi connectivity index (χ4v) is 2.15. The van der Waals surface area contributed by atoms with Crippen LogP contribution in [0.1, 0.15) is 36.6 Å². The Kier molecular flexibility index (Phi) is 4.40. The summed E-state index contributed by atoms with van der Waals surface area (Å²) in [5.74, 6) is 0.549. The third-order valence-electron chi connectivity index (χ3n) is 3.19. The van der Waals surface area contributed by atoms with Gasteiger partial charge in [-0.3, -0.25) is 0 Å². The second kappa shape index (κ2) is 6.06. The normalized spacial score (nSPS) is 12.5. The highest BCUT2D eigenvalue weighted by Gasteiger charge is 2.12. The van der Waals surface area contributed by atoms with Gasteiger partial charge in [-0.1, -0.05) is 18.2 Å². The number of hydrogen-bond donors (Lipinski definition) is 1. The van der Waals surface area contributed by atoms with Gasteiger partial charge in [-0.2, -0.15) is 0 Å². The van der Waals surface area contributed by atoms with Gasteiger partial charge in [0.15, 0.2) is 0 Å². The molecule has 0 aliphatic carbocycles. The largest absolute Gasteiger partial charge is 0.491 e. The maximum absolute atomic E-state index is 13.4. The summed E-state index contributed by atoms with van der Waals surface area (Å²) in [5, 5.41) is 0. The summed E-state index contributed by atoms with van der Waals surface area (Å²) in [6.45, 7) is 5.90. The second-order valence-electron chi connectivity index (χ2n) is 5.21. The molecule has 0 heterocycles. The lowest BCUT2D eigenvalue weighted by atomic mass is 9.95. The average molecular weight is 273 g/mol. The van der Waals surface area contributed by atoms with Crippen molar-refractivity contribution in [1.29, 1.82) is 0 Å². The molecule has 2 aromatic rings. The van der Waals surface area contributed by atoms with E-state index in [9.17, 15) is 4.39 Å². The number of halogens is 1. The Morgan fingerprint density at radius 1 is 1.05 bits per heavy atom. The molecule has 2 aromatic carbocycles. The maximum Gasteiger partial charge on any atom is 0.123 e. The first-order valence-corrected chi connectivity index (χ1v) is 6.75. The van der Waals surface area contributed by atoms with E-state index in [2.05, 4.69) is 0 Å². The molecular formula is C17H20FNO. The van der Waals surface area contributed by atoms with Gasteiger partial charge in [0.2, 0.25) is 0 Å². The highest BCUT2D eigenvalue weighted by Crippen LogP contribution is 2.25. The minimum atomic E-state index is -0.334. The molecule has 0 aliphatic heterocycles. The number of benzene rings is 2. The Morgan fingerprint density at radius 3 is 2.30 bits per heavy atom. The van der Waals surface area contributed by atoms with Gasteiger partial charge in [0.1, 0.15) is 11.6 Å². The quantitative estimate of drug-likeness (QED) is 0.914. The van der Waals surface area contributed by atoms with Crippen LogP contribution in [-0.2, 0) is 0 Å². The molecule has 0 amide bonds. The summed E-state index contributed by atoms with van der Waals surface area (Å²) in [6.07, 6.45) is 0.139. The highest BCUT2D eigenvalue weighted by molar-refractivity contribution is 5.38. The molecule has 2 rings (SSSR count). The fourth-order valence-electron chi connectivity index (χ4n) is 2.15. The van der Waals surface area contributed by atoms with E-state index in [0.29, 0.717) is 0 Å². The van der Waals surface area contributed by atoms with Gasteiger partial charge in [0.05, 0.1) is 12.1 Å². The Labute approximate surface area is 119 Å². The third-order valence-corrected chi connectivity index (χ3v) is 3.19. The molecule has 20 heavy (non-hydrogen) atoms. The van der Waals surface area contributed by atoms with Crippen molar-refractivity contribution < 1.29 is 9.13 Å². The second-order valence-corrected chi connectivity index (χ2v) is 5.21. The lowest BCUT2D eigenvalue weighted by Crippen LogP contribution is -2.13. The molecule has 0 radical (unpaired) electrons. The van der Waals surface area contributed by atoms with Crippen molar-refractivity contribution in [2.75, 3.05) is 0 Å². The molecule has 2 N–H and O–H groups in total. The Hall–Kier alpha value is -1.87. The summed E-state index contributed by atoms with van der Waals surface area (Å²) in [4.78, 5) is 0. The van der Waals surface area contributed by atoms with Crippen LogP contribution in [0.4, 0.5) is 4.39 Å². The van der Waals surface area contributed by atoms with Crippen LogP contribution >= 0.6 is 0 Å². The predicted octanol–water partition coefficient (Wildman–Crippen LogP) is 3.97. The monoisotopic (exact) mass is 273 g/mol. The van der Waals surface area contributed by atoms with Crippen molar-refractivity contribution in [3.05, 3.63) is 65.0 Å². The van der Waals surface area contributed by atoms with Crippen molar-refractivity contribution in [2.24, 2.45) is 5.73 Å². The van der Waals surface area contributed by atoms with Gasteiger partial charge < -0.3 is 10.5 Å². The molecule has 0 aromatic heterocycles. The molecule has 0 aliphatic rings. The van der Waals surface area contributed by atoms with Crippen molar-refractivity contribution >= 4 is 0 Å². The van der Waals surface area contributed by atoms with E-state index in [4.69, 9.17) is 10.5 Å². The number of aryl methyl sites for hydroxylation is 1. The van der Waals surface area contributed by atoms with E-state index < -0.39 is 0 Å². The SMILES string of the molecule is Cc1ccc(F)cc1C(N)c1ccc(OC(C)C)cc1. The van der Waals surface area contributed by atoms with Crippen LogP contribution in [0.2, 0.25) is 0 Å². The summed E-state index contributed by atoms with van der Waals surface area (Å²) in [5.41, 5.74) is 8.96. The molecule has 0 spiro atoms. The molecule has 1 unspecified atom stereocenters. The van der Waals surface area contributed by atoms with Gasteiger partial charge in [-0.25, -0.2) is 4.39 Å². The van der Waals surface area contributed by atoms with E-state index in [1.54, 1.807) is 6.07 Å². The molecule has 1 atom stereocenters. The van der Waals surface area contributed by atoms with Gasteiger partial charge in [-0.05, 0) is 61.7 Å². The van der Waals surface area contributed by atoms with Crippen molar-refractivity contribution in [1.82, 2.24) is 0 Å². The lowest BCUT2D eigenvalue weighted by Gasteiger charge is -2.16. The van der Waals surface area contributed by atoms with Crippen LogP contribution in [0.15, 0.2) is 42.5 Å². The Morgan fingerprint density at radius 2 is 1.70 bits per heavy atom. The van der Waals surface area contributed by atoms with Gasteiger partial charge in [0, 0.05) is 0 Å². The zero-order valence-electron chi connectivity index (χ0n) is 12.1. The van der Waals surface area contributed by atoms with Crippen molar-refractivity contribution in [3.8, 4) is 5.75 Å². The van der Waals surface area contributed by atoms with Crippen LogP contribution in [0.25, 0.3) is 0 Å². The minimum Gasteiger partial charge on any atom is -0.491 e. The smallest absolute Gasteiger partial charge is 0.123 e. The zero-order valence-corrected chi connectivity index (χ0v) is 12.1. The predicted molar refractivity (Wildman–Crippen MR) is 79.4 cm³/mol. The molecule has 0 fully saturated rings. The maximum atomic E-state index is 13.4.